The second-order valence-electron chi connectivity index (χ2n) is 33.2. The predicted octanol–water partition coefficient (Wildman–Crippen LogP) is 5.09. The van der Waals surface area contributed by atoms with Crippen LogP contribution in [0.5, 0.6) is 0 Å². The van der Waals surface area contributed by atoms with Crippen molar-refractivity contribution < 1.29 is 139 Å². The summed E-state index contributed by atoms with van der Waals surface area (Å²) in [5.74, 6) is -17.8. The van der Waals surface area contributed by atoms with Crippen LogP contribution >= 0.6 is 0 Å². The van der Waals surface area contributed by atoms with Gasteiger partial charge in [0.1, 0.15) is 48.9 Å². The third-order valence-electron chi connectivity index (χ3n) is 21.6. The Kier molecular flexibility index (Phi) is 62.5. The number of hydrogen-bond acceptors (Lipinski definition) is 30. The van der Waals surface area contributed by atoms with E-state index in [4.69, 9.17) is 48.4 Å². The zero-order valence-corrected chi connectivity index (χ0v) is 81.5. The van der Waals surface area contributed by atoms with E-state index in [1.165, 1.54) is 0 Å². The Morgan fingerprint density at radius 1 is 0.268 bits per heavy atom. The van der Waals surface area contributed by atoms with Crippen LogP contribution in [0.2, 0.25) is 0 Å². The summed E-state index contributed by atoms with van der Waals surface area (Å²) in [5, 5.41) is 29.3. The lowest BCUT2D eigenvalue weighted by Crippen LogP contribution is -2.57. The number of benzene rings is 2. The molecule has 2 aromatic carbocycles. The lowest BCUT2D eigenvalue weighted by molar-refractivity contribution is -0.150. The summed E-state index contributed by atoms with van der Waals surface area (Å²) in [6, 6.07) is 2.93. The molecule has 0 aliphatic heterocycles. The van der Waals surface area contributed by atoms with E-state index in [0.29, 0.717) is 89.9 Å². The van der Waals surface area contributed by atoms with Gasteiger partial charge in [-0.3, -0.25) is 71.9 Å². The van der Waals surface area contributed by atoms with Crippen LogP contribution in [0.25, 0.3) is 11.1 Å². The fourth-order valence-corrected chi connectivity index (χ4v) is 13.3. The molecule has 42 heteroatoms. The van der Waals surface area contributed by atoms with Crippen molar-refractivity contribution >= 4 is 119 Å². The number of fused-ring (bicyclic) bond motifs is 3. The molecular weight excluding hydrogens is 1800 g/mol. The number of nitrogens with two attached hydrogens (primary N) is 1. The number of rotatable bonds is 75. The van der Waals surface area contributed by atoms with Crippen LogP contribution in [-0.4, -0.2) is 259 Å². The number of amides is 12. The fraction of sp³-hybridized carbons (Fsp3) is 0.667. The smallest absolute Gasteiger partial charge is 0.407 e. The highest BCUT2D eigenvalue weighted by atomic mass is 16.6. The first-order valence-corrected chi connectivity index (χ1v) is 48.7. The highest BCUT2D eigenvalue weighted by Gasteiger charge is 2.35. The first-order valence-electron chi connectivity index (χ1n) is 48.7. The van der Waals surface area contributed by atoms with Crippen LogP contribution in [0.15, 0.2) is 48.5 Å². The molecule has 0 spiro atoms. The van der Waals surface area contributed by atoms with Crippen molar-refractivity contribution in [3.05, 3.63) is 59.7 Å². The summed E-state index contributed by atoms with van der Waals surface area (Å²) in [7, 11) is 0. The summed E-state index contributed by atoms with van der Waals surface area (Å²) < 4.78 is 48.0. The van der Waals surface area contributed by atoms with Crippen LogP contribution in [0.3, 0.4) is 0 Å². The molecule has 0 fully saturated rings. The summed E-state index contributed by atoms with van der Waals surface area (Å²) in [6.45, 7) is 12.0. The van der Waals surface area contributed by atoms with Crippen molar-refractivity contribution in [1.82, 2.24) is 63.8 Å². The largest absolute Gasteiger partial charge is 0.466 e. The molecule has 0 saturated carbocycles. The van der Waals surface area contributed by atoms with Crippen molar-refractivity contribution in [2.75, 3.05) is 92.2 Å². The molecule has 0 saturated heterocycles. The zero-order chi connectivity index (χ0) is 102. The minimum atomic E-state index is -1.90. The van der Waals surface area contributed by atoms with E-state index >= 15 is 4.79 Å². The molecule has 1 aliphatic carbocycles. The molecule has 2 aromatic rings. The summed E-state index contributed by atoms with van der Waals surface area (Å²) in [5.41, 5.74) is 10.5. The molecule has 1 aliphatic rings. The van der Waals surface area contributed by atoms with E-state index in [0.717, 1.165) is 35.1 Å². The maximum absolute atomic E-state index is 15.1. The Hall–Kier alpha value is -12.4. The third-order valence-corrected chi connectivity index (χ3v) is 21.6. The van der Waals surface area contributed by atoms with Crippen molar-refractivity contribution in [3.63, 3.8) is 0 Å². The molecular formula is C96H149N13O29. The first-order chi connectivity index (χ1) is 66.3. The third kappa shape index (κ3) is 51.7. The van der Waals surface area contributed by atoms with Gasteiger partial charge in [0, 0.05) is 57.4 Å². The number of esters is 8. The molecule has 12 amide bonds. The molecule has 8 unspecified atom stereocenters. The highest BCUT2D eigenvalue weighted by molar-refractivity contribution is 5.97. The van der Waals surface area contributed by atoms with E-state index in [1.807, 2.05) is 104 Å². The van der Waals surface area contributed by atoms with Gasteiger partial charge >= 0.3 is 53.8 Å². The molecule has 0 heterocycles. The van der Waals surface area contributed by atoms with Crippen LogP contribution < -0.4 is 69.5 Å². The summed E-state index contributed by atoms with van der Waals surface area (Å²) in [6.07, 6.45) is 2.70. The number of ether oxygens (including phenoxy) is 9. The Morgan fingerprint density at radius 3 is 0.877 bits per heavy atom. The molecule has 14 N–H and O–H groups in total. The Bertz CT molecular complexity index is 4150. The molecule has 42 nitrogen and oxygen atoms in total. The van der Waals surface area contributed by atoms with Gasteiger partial charge in [0.05, 0.1) is 85.1 Å². The summed E-state index contributed by atoms with van der Waals surface area (Å²) >= 11 is 0. The standard InChI is InChI=1S/C96H149N13O29/c1-9-17-51-130-84(117)46-39-73(92(125)134-55-21-13-5)104-80(113)59-99-77(110)43-36-70(89(122)101-61-82(115)106-75(94(127)136-57-23-15-7)41-48-86(119)132-53-19-11-3)103-79(112)45-38-72(108-88(121)69(97)35-29-30-50-98-96(129)138-63-68-66-33-27-25-31-64(66)65-32-26-28-34-67(65)68)91(124)109-71(90(123)102-62-83(116)107-76(95(128)137-58-24-16-8)42-49-87(120)133-54-20-12-4)37-44-78(111)100-60-81(114)105-74(93(126)135-56-22-14-6)40-47-85(118)131-52-18-10-2/h25-28,31-34,68-76H,9-24,29-30,35-63,97H2,1-8H3,(H,98,129)(H,99,110)(H,100,111)(H,101,122)(H,102,123)(H,103,112)(H,104,113)(H,105,114)(H,106,115)(H,107,116)(H,108,121)(H,109,124). The molecule has 772 valence electrons. The maximum atomic E-state index is 15.1. The Morgan fingerprint density at radius 2 is 0.543 bits per heavy atom. The van der Waals surface area contributed by atoms with E-state index in [-0.39, 0.29) is 143 Å². The topological polar surface area (TPSA) is 595 Å². The zero-order valence-electron chi connectivity index (χ0n) is 81.5. The second-order valence-corrected chi connectivity index (χ2v) is 33.2. The number of nitrogens with one attached hydrogen (secondary N) is 12. The quantitative estimate of drug-likeness (QED) is 0.0233. The number of hydrogen-bond donors (Lipinski definition) is 13. The van der Waals surface area contributed by atoms with Crippen molar-refractivity contribution in [3.8, 4) is 11.1 Å². The average Bonchev–Trinajstić information content (AvgIpc) is 1.61. The lowest BCUT2D eigenvalue weighted by Gasteiger charge is -2.25. The van der Waals surface area contributed by atoms with E-state index in [2.05, 4.69) is 63.8 Å². The first kappa shape index (κ1) is 120. The van der Waals surface area contributed by atoms with Crippen molar-refractivity contribution in [1.29, 1.82) is 0 Å². The number of alkyl carbamates (subject to hydrolysis) is 1. The minimum absolute atomic E-state index is 0.00222. The lowest BCUT2D eigenvalue weighted by atomic mass is 9.98. The number of carbonyl (C=O) groups is 20. The van der Waals surface area contributed by atoms with Crippen molar-refractivity contribution in [2.24, 2.45) is 5.73 Å². The van der Waals surface area contributed by atoms with Crippen LogP contribution in [0, 0.1) is 0 Å². The van der Waals surface area contributed by atoms with E-state index in [9.17, 15) is 91.1 Å². The fourth-order valence-electron chi connectivity index (χ4n) is 13.3. The number of carbonyl (C=O) groups excluding carboxylic acids is 20. The van der Waals surface area contributed by atoms with Gasteiger partial charge in [-0.1, -0.05) is 155 Å². The molecule has 3 rings (SSSR count). The van der Waals surface area contributed by atoms with Gasteiger partial charge < -0.3 is 112 Å². The predicted molar refractivity (Wildman–Crippen MR) is 502 cm³/mol. The Labute approximate surface area is 807 Å². The molecule has 0 bridgehead atoms. The average molecular weight is 1950 g/mol. The van der Waals surface area contributed by atoms with Gasteiger partial charge in [-0.15, -0.1) is 0 Å². The number of unbranched alkanes of at least 4 members (excludes halogenated alkanes) is 9. The Balaban J connectivity index is 2.12. The van der Waals surface area contributed by atoms with Gasteiger partial charge in [0.2, 0.25) is 65.0 Å². The van der Waals surface area contributed by atoms with E-state index < -0.39 is 232 Å². The van der Waals surface area contributed by atoms with Gasteiger partial charge in [0.15, 0.2) is 0 Å². The van der Waals surface area contributed by atoms with Gasteiger partial charge in [-0.05, 0) is 138 Å². The van der Waals surface area contributed by atoms with Gasteiger partial charge in [-0.25, -0.2) is 24.0 Å². The second kappa shape index (κ2) is 72.0. The molecule has 138 heavy (non-hydrogen) atoms. The SMILES string of the molecule is CCCCOC(=O)CCC(NC(=O)CNC(=O)CCC(NC(=O)CCC(NC(=O)C(N)CCCCNC(=O)OCC1c2ccccc2-c2ccccc21)C(=O)NC(CCC(=O)NCC(=O)NC(CCC(=O)OCCCC)C(=O)OCCCC)C(=O)NCC(=O)NC(CCC(=O)OCCCC)C(=O)OCCCC)C(=O)NCC(=O)NC(CCC(=O)OCCCC)C(=O)OCCCC)C(=O)OCCCC. The summed E-state index contributed by atoms with van der Waals surface area (Å²) in [4.78, 5) is 272. The van der Waals surface area contributed by atoms with Crippen LogP contribution in [0.1, 0.15) is 284 Å². The van der Waals surface area contributed by atoms with Crippen LogP contribution in [0.4, 0.5) is 4.79 Å². The normalized spacial score (nSPS) is 12.9. The highest BCUT2D eigenvalue weighted by Crippen LogP contribution is 2.44. The molecule has 0 aromatic heterocycles. The van der Waals surface area contributed by atoms with Crippen molar-refractivity contribution in [2.45, 2.75) is 322 Å². The maximum Gasteiger partial charge on any atom is 0.407 e. The minimum Gasteiger partial charge on any atom is -0.466 e. The van der Waals surface area contributed by atoms with Gasteiger partial charge in [-0.2, -0.15) is 0 Å². The van der Waals surface area contributed by atoms with E-state index in [1.54, 1.807) is 0 Å². The van der Waals surface area contributed by atoms with Crippen LogP contribution in [-0.2, 0) is 134 Å². The molecule has 0 radical (unpaired) electrons. The van der Waals surface area contributed by atoms with Gasteiger partial charge in [0.25, 0.3) is 0 Å². The monoisotopic (exact) mass is 1950 g/mol. The molecule has 8 atom stereocenters.